The number of allylic oxidation sites excluding steroid dienone is 11. The number of carbonyl (C=O) groups excluding carboxylic acids is 1. The van der Waals surface area contributed by atoms with Crippen LogP contribution in [0.1, 0.15) is 144 Å². The first-order valence-electron chi connectivity index (χ1n) is 20.3. The fourth-order valence-electron chi connectivity index (χ4n) is 7.72. The van der Waals surface area contributed by atoms with Gasteiger partial charge in [-0.1, -0.05) is 88.6 Å². The second-order valence-electron chi connectivity index (χ2n) is 15.8. The van der Waals surface area contributed by atoms with Gasteiger partial charge in [-0.3, -0.25) is 14.4 Å². The van der Waals surface area contributed by atoms with E-state index in [0.29, 0.717) is 80.7 Å². The molecular weight excluding hydrogens is 796 g/mol. The van der Waals surface area contributed by atoms with Crippen LogP contribution in [0.25, 0.3) is 44.4 Å². The minimum atomic E-state index is -1.02. The van der Waals surface area contributed by atoms with Crippen LogP contribution in [0, 0.1) is 13.8 Å². The van der Waals surface area contributed by atoms with Crippen molar-refractivity contribution < 1.29 is 46.8 Å². The fraction of sp³-hybridized carbons (Fsp3) is 0.367. The van der Waals surface area contributed by atoms with Crippen molar-refractivity contribution in [3.05, 3.63) is 117 Å². The van der Waals surface area contributed by atoms with Gasteiger partial charge in [-0.05, 0) is 117 Å². The van der Waals surface area contributed by atoms with Crippen molar-refractivity contribution in [1.29, 1.82) is 0 Å². The Kier molecular flexibility index (Phi) is 16.8. The number of aldehydes is 1. The van der Waals surface area contributed by atoms with E-state index < -0.39 is 18.0 Å². The molecular formula is C49H56FeN4O6-2. The van der Waals surface area contributed by atoms with Crippen LogP contribution in [0.2, 0.25) is 0 Å². The Labute approximate surface area is 363 Å². The minimum Gasteiger partial charge on any atom is -0.657 e. The van der Waals surface area contributed by atoms with Crippen LogP contribution in [0.4, 0.5) is 0 Å². The van der Waals surface area contributed by atoms with E-state index in [1.54, 1.807) is 18.2 Å². The van der Waals surface area contributed by atoms with Crippen molar-refractivity contribution in [2.75, 3.05) is 0 Å². The molecule has 5 heterocycles. The molecule has 1 unspecified atom stereocenters. The number of aliphatic hydroxyl groups excluding tert-OH is 1. The predicted octanol–water partition coefficient (Wildman–Crippen LogP) is 10.5. The van der Waals surface area contributed by atoms with Gasteiger partial charge >= 0.3 is 11.9 Å². The van der Waals surface area contributed by atoms with E-state index in [9.17, 15) is 29.7 Å². The number of aromatic nitrogens is 4. The SMILES string of the molecule is C=CC1=C(C)c2cc3[n-]c(cc4nc(cc5[n-]c(cc1n2)c(C)c5CCC(=O)O)C(CCC(=O)O)=C4C=O)c(C)c3C(O)CC/C=C(\C)CC/C=C(\C)CCC=C(C)C.[Fe]. The molecule has 0 fully saturated rings. The van der Waals surface area contributed by atoms with Gasteiger partial charge < -0.3 is 25.3 Å². The van der Waals surface area contributed by atoms with Gasteiger partial charge in [0.25, 0.3) is 0 Å². The average Bonchev–Trinajstić information content (AvgIpc) is 3.85. The Balaban J connectivity index is 0.00000794. The molecule has 0 spiro atoms. The zero-order valence-electron chi connectivity index (χ0n) is 35.8. The average molecular weight is 853 g/mol. The maximum absolute atomic E-state index is 12.8. The molecule has 2 aliphatic rings. The summed E-state index contributed by atoms with van der Waals surface area (Å²) >= 11 is 0. The van der Waals surface area contributed by atoms with Gasteiger partial charge in [0.05, 0.1) is 28.9 Å². The van der Waals surface area contributed by atoms with E-state index >= 15 is 0 Å². The Morgan fingerprint density at radius 1 is 0.700 bits per heavy atom. The van der Waals surface area contributed by atoms with Crippen LogP contribution < -0.4 is 9.97 Å². The zero-order valence-corrected chi connectivity index (χ0v) is 36.9. The van der Waals surface area contributed by atoms with E-state index in [0.717, 1.165) is 48.0 Å². The molecule has 11 heteroatoms. The number of carbonyl (C=O) groups is 3. The second kappa shape index (κ2) is 21.3. The zero-order chi connectivity index (χ0) is 43.0. The molecule has 0 amide bonds. The maximum Gasteiger partial charge on any atom is 0.303 e. The van der Waals surface area contributed by atoms with Crippen molar-refractivity contribution >= 4 is 62.6 Å². The molecule has 1 atom stereocenters. The van der Waals surface area contributed by atoms with Crippen LogP contribution in [0.5, 0.6) is 0 Å². The summed E-state index contributed by atoms with van der Waals surface area (Å²) in [7, 11) is 0. The Morgan fingerprint density at radius 2 is 1.23 bits per heavy atom. The van der Waals surface area contributed by atoms with Crippen molar-refractivity contribution in [3.8, 4) is 0 Å². The smallest absolute Gasteiger partial charge is 0.303 e. The Bertz CT molecular complexity index is 2490. The number of aryl methyl sites for hydroxylation is 3. The predicted molar refractivity (Wildman–Crippen MR) is 236 cm³/mol. The number of hydrogen-bond acceptors (Lipinski definition) is 6. The molecule has 5 rings (SSSR count). The summed E-state index contributed by atoms with van der Waals surface area (Å²) < 4.78 is 0. The molecule has 2 aliphatic heterocycles. The summed E-state index contributed by atoms with van der Waals surface area (Å²) in [6, 6.07) is 7.13. The monoisotopic (exact) mass is 852 g/mol. The molecule has 0 saturated heterocycles. The third-order valence-electron chi connectivity index (χ3n) is 11.1. The van der Waals surface area contributed by atoms with E-state index in [1.807, 2.05) is 32.9 Å². The van der Waals surface area contributed by atoms with Crippen molar-refractivity contribution in [2.24, 2.45) is 0 Å². The van der Waals surface area contributed by atoms with Crippen LogP contribution in [-0.4, -0.2) is 43.5 Å². The summed E-state index contributed by atoms with van der Waals surface area (Å²) in [6.45, 7) is 18.4. The van der Waals surface area contributed by atoms with Crippen LogP contribution in [-0.2, 0) is 37.9 Å². The van der Waals surface area contributed by atoms with E-state index in [2.05, 4.69) is 52.5 Å². The van der Waals surface area contributed by atoms with E-state index in [1.165, 1.54) is 16.7 Å². The largest absolute Gasteiger partial charge is 0.657 e. The van der Waals surface area contributed by atoms with Gasteiger partial charge in [-0.25, -0.2) is 9.97 Å². The number of carboxylic acid groups (broad SMARTS) is 2. The van der Waals surface area contributed by atoms with Gasteiger partial charge in [0, 0.05) is 41.1 Å². The Morgan fingerprint density at radius 3 is 1.85 bits per heavy atom. The first-order valence-corrected chi connectivity index (χ1v) is 20.3. The third kappa shape index (κ3) is 11.5. The van der Waals surface area contributed by atoms with Crippen molar-refractivity contribution in [2.45, 2.75) is 119 Å². The van der Waals surface area contributed by atoms with Gasteiger partial charge in [-0.15, -0.1) is 22.1 Å². The Hall–Kier alpha value is -5.35. The number of carboxylic acids is 2. The number of fused-ring (bicyclic) bond motifs is 8. The topological polar surface area (TPSA) is 166 Å². The van der Waals surface area contributed by atoms with E-state index in [4.69, 9.17) is 19.9 Å². The summed E-state index contributed by atoms with van der Waals surface area (Å²) in [6.07, 6.45) is 13.4. The maximum atomic E-state index is 12.8. The summed E-state index contributed by atoms with van der Waals surface area (Å²) in [5.41, 5.74) is 13.3. The standard InChI is InChI=1S/C49H58N4O6.Fe/c1-9-34-31(6)39-25-45-49(46(55)18-12-17-30(5)16-11-15-29(4)14-10-13-28(2)3)33(8)40(52-45)24-44-37(27-54)36(20-22-48(58)59)43(53-44)26-42-35(19-21-47(56)57)32(7)38(51-42)23-41(34)50-39;/h9,13,15,17,23-27,46,55H,1,10-12,14,16,18-22H2,2-8H3,(H4,50,51,52,53,54,56,57,58,59);/p-2/b29-15+,30-17+,38-23?,39-25?,40-24?,41-23?,42-26?,43-26?,44-24?,45-25?;. The molecule has 3 aromatic heterocycles. The molecule has 0 aliphatic carbocycles. The molecule has 60 heavy (non-hydrogen) atoms. The number of aliphatic hydroxyl groups is 1. The van der Waals surface area contributed by atoms with Gasteiger partial charge in [-0.2, -0.15) is 0 Å². The minimum absolute atomic E-state index is 0. The number of aliphatic carboxylic acids is 2. The quantitative estimate of drug-likeness (QED) is 0.0637. The third-order valence-corrected chi connectivity index (χ3v) is 11.1. The number of rotatable bonds is 18. The number of nitrogens with zero attached hydrogens (tertiary/aromatic N) is 4. The van der Waals surface area contributed by atoms with Gasteiger partial charge in [0.15, 0.2) is 6.29 Å². The summed E-state index contributed by atoms with van der Waals surface area (Å²) in [4.78, 5) is 56.0. The summed E-state index contributed by atoms with van der Waals surface area (Å²) in [5, 5.41) is 31.0. The van der Waals surface area contributed by atoms with E-state index in [-0.39, 0.29) is 48.3 Å². The molecule has 0 radical (unpaired) electrons. The molecule has 3 N–H and O–H groups in total. The normalized spacial score (nSPS) is 13.6. The van der Waals surface area contributed by atoms with Crippen LogP contribution >= 0.6 is 0 Å². The summed E-state index contributed by atoms with van der Waals surface area (Å²) in [5.74, 6) is -1.98. The molecule has 318 valence electrons. The first kappa shape index (κ1) is 47.3. The van der Waals surface area contributed by atoms with Crippen LogP contribution in [0.3, 0.4) is 0 Å². The fourth-order valence-corrected chi connectivity index (χ4v) is 7.72. The first-order chi connectivity index (χ1) is 28.1. The van der Waals surface area contributed by atoms with Gasteiger partial charge in [0.2, 0.25) is 0 Å². The van der Waals surface area contributed by atoms with Gasteiger partial charge in [0.1, 0.15) is 0 Å². The van der Waals surface area contributed by atoms with Crippen LogP contribution in [0.15, 0.2) is 71.9 Å². The molecule has 0 saturated carbocycles. The molecule has 10 nitrogen and oxygen atoms in total. The number of hydrogen-bond donors (Lipinski definition) is 3. The van der Waals surface area contributed by atoms with Crippen molar-refractivity contribution in [1.82, 2.24) is 19.9 Å². The van der Waals surface area contributed by atoms with Crippen molar-refractivity contribution in [3.63, 3.8) is 0 Å². The molecule has 0 aromatic carbocycles. The molecule has 3 aromatic rings. The second-order valence-corrected chi connectivity index (χ2v) is 15.8. The molecule has 8 bridgehead atoms.